The molecule has 0 spiro atoms. The Balaban J connectivity index is 2.42. The summed E-state index contributed by atoms with van der Waals surface area (Å²) in [7, 11) is 1.97. The van der Waals surface area contributed by atoms with Gasteiger partial charge in [-0.3, -0.25) is 4.90 Å². The van der Waals surface area contributed by atoms with E-state index in [0.717, 1.165) is 19.3 Å². The van der Waals surface area contributed by atoms with E-state index in [1.165, 1.54) is 10.5 Å². The molecule has 0 aliphatic heterocycles. The van der Waals surface area contributed by atoms with Crippen molar-refractivity contribution in [3.63, 3.8) is 0 Å². The van der Waals surface area contributed by atoms with Crippen molar-refractivity contribution in [3.8, 4) is 0 Å². The van der Waals surface area contributed by atoms with E-state index in [2.05, 4.69) is 38.1 Å². The average molecular weight is 251 g/mol. The summed E-state index contributed by atoms with van der Waals surface area (Å²) in [4.78, 5) is 13.7. The number of carbonyl (C=O) groups excluding carboxylic acids is 1. The maximum Gasteiger partial charge on any atom is 0.133 e. The first-order valence-corrected chi connectivity index (χ1v) is 6.87. The molecule has 0 aromatic heterocycles. The van der Waals surface area contributed by atoms with Crippen LogP contribution >= 0.6 is 11.8 Å². The molecule has 0 unspecified atom stereocenters. The first-order valence-electron chi connectivity index (χ1n) is 5.99. The quantitative estimate of drug-likeness (QED) is 0.549. The Hall–Kier alpha value is -0.800. The second-order valence-corrected chi connectivity index (χ2v) is 6.14. The number of benzene rings is 1. The molecule has 1 aromatic rings. The number of aldehydes is 1. The van der Waals surface area contributed by atoms with Crippen molar-refractivity contribution in [1.82, 2.24) is 4.90 Å². The lowest BCUT2D eigenvalue weighted by Crippen LogP contribution is -2.23. The normalized spacial score (nSPS) is 11.1. The zero-order valence-corrected chi connectivity index (χ0v) is 11.7. The summed E-state index contributed by atoms with van der Waals surface area (Å²) >= 11 is 1.88. The second kappa shape index (κ2) is 7.51. The maximum absolute atomic E-state index is 10.3. The van der Waals surface area contributed by atoms with E-state index in [1.807, 2.05) is 23.7 Å². The topological polar surface area (TPSA) is 20.3 Å². The van der Waals surface area contributed by atoms with Crippen LogP contribution in [0.25, 0.3) is 0 Å². The van der Waals surface area contributed by atoms with E-state index in [-0.39, 0.29) is 0 Å². The Bertz CT molecular complexity index is 335. The number of hydrogen-bond acceptors (Lipinski definition) is 3. The van der Waals surface area contributed by atoms with Crippen LogP contribution in [0.1, 0.15) is 19.4 Å². The van der Waals surface area contributed by atoms with Crippen molar-refractivity contribution in [1.29, 1.82) is 0 Å². The van der Waals surface area contributed by atoms with Crippen LogP contribution in [0.15, 0.2) is 29.2 Å². The molecule has 0 fully saturated rings. The van der Waals surface area contributed by atoms with Gasteiger partial charge in [-0.1, -0.05) is 26.0 Å². The van der Waals surface area contributed by atoms with Crippen LogP contribution < -0.4 is 0 Å². The van der Waals surface area contributed by atoms with Crippen molar-refractivity contribution in [3.05, 3.63) is 29.8 Å². The van der Waals surface area contributed by atoms with Crippen molar-refractivity contribution in [2.24, 2.45) is 0 Å². The Kier molecular flexibility index (Phi) is 6.30. The zero-order valence-electron chi connectivity index (χ0n) is 10.8. The molecular formula is C14H21NOS. The van der Waals surface area contributed by atoms with Crippen LogP contribution in [0.2, 0.25) is 0 Å². The van der Waals surface area contributed by atoms with Crippen molar-refractivity contribution in [2.45, 2.75) is 30.4 Å². The van der Waals surface area contributed by atoms with Gasteiger partial charge >= 0.3 is 0 Å². The van der Waals surface area contributed by atoms with E-state index in [0.29, 0.717) is 11.8 Å². The van der Waals surface area contributed by atoms with Gasteiger partial charge in [0.15, 0.2) is 0 Å². The Morgan fingerprint density at radius 1 is 1.29 bits per heavy atom. The first-order chi connectivity index (χ1) is 8.11. The largest absolute Gasteiger partial charge is 0.302 e. The molecule has 0 N–H and O–H groups in total. The summed E-state index contributed by atoms with van der Waals surface area (Å²) in [6.07, 6.45) is 1.94. The Morgan fingerprint density at radius 3 is 2.47 bits per heavy atom. The van der Waals surface area contributed by atoms with E-state index >= 15 is 0 Å². The van der Waals surface area contributed by atoms with Crippen LogP contribution in [0, 0.1) is 0 Å². The summed E-state index contributed by atoms with van der Waals surface area (Å²) in [6, 6.07) is 8.72. The van der Waals surface area contributed by atoms with Crippen LogP contribution in [-0.2, 0) is 11.2 Å². The molecule has 1 rings (SSSR count). The Labute approximate surface area is 108 Å². The molecule has 2 nitrogen and oxygen atoms in total. The van der Waals surface area contributed by atoms with Gasteiger partial charge < -0.3 is 4.79 Å². The van der Waals surface area contributed by atoms with Gasteiger partial charge in [0, 0.05) is 16.7 Å². The Morgan fingerprint density at radius 2 is 1.94 bits per heavy atom. The minimum absolute atomic E-state index is 0.515. The molecule has 0 saturated heterocycles. The van der Waals surface area contributed by atoms with Gasteiger partial charge in [-0.25, -0.2) is 0 Å². The van der Waals surface area contributed by atoms with Crippen molar-refractivity contribution < 1.29 is 4.79 Å². The first kappa shape index (κ1) is 14.3. The van der Waals surface area contributed by atoms with Gasteiger partial charge in [-0.15, -0.1) is 11.8 Å². The average Bonchev–Trinajstić information content (AvgIpc) is 2.28. The number of rotatable bonds is 7. The summed E-state index contributed by atoms with van der Waals surface area (Å²) in [5.41, 5.74) is 1.33. The van der Waals surface area contributed by atoms with Gasteiger partial charge in [0.05, 0.1) is 6.54 Å². The molecule has 0 aliphatic carbocycles. The minimum Gasteiger partial charge on any atom is -0.302 e. The number of likely N-dealkylation sites (N-methyl/N-ethyl adjacent to an activating group) is 1. The van der Waals surface area contributed by atoms with Crippen LogP contribution in [0.3, 0.4) is 0 Å². The van der Waals surface area contributed by atoms with Crippen LogP contribution in [0.4, 0.5) is 0 Å². The predicted molar refractivity (Wildman–Crippen MR) is 74.7 cm³/mol. The second-order valence-electron chi connectivity index (χ2n) is 4.49. The molecule has 0 aliphatic rings. The number of carbonyl (C=O) groups is 1. The van der Waals surface area contributed by atoms with E-state index in [1.54, 1.807) is 0 Å². The molecule has 3 heteroatoms. The molecule has 0 atom stereocenters. The molecule has 1 aromatic carbocycles. The number of thioether (sulfide) groups is 1. The zero-order chi connectivity index (χ0) is 12.7. The van der Waals surface area contributed by atoms with Crippen molar-refractivity contribution in [2.75, 3.05) is 20.1 Å². The summed E-state index contributed by atoms with van der Waals surface area (Å²) in [5.74, 6) is 0. The SMILES string of the molecule is CC(C)Sc1ccc(CCN(C)CC=O)cc1. The fraction of sp³-hybridized carbons (Fsp3) is 0.500. The molecule has 17 heavy (non-hydrogen) atoms. The monoisotopic (exact) mass is 251 g/mol. The fourth-order valence-corrected chi connectivity index (χ4v) is 2.38. The highest BCUT2D eigenvalue weighted by Gasteiger charge is 2.00. The molecule has 0 heterocycles. The highest BCUT2D eigenvalue weighted by Crippen LogP contribution is 2.22. The molecule has 0 radical (unpaired) electrons. The standard InChI is InChI=1S/C14H21NOS/c1-12(2)17-14-6-4-13(5-7-14)8-9-15(3)10-11-16/h4-7,11-12H,8-10H2,1-3H3. The predicted octanol–water partition coefficient (Wildman–Crippen LogP) is 2.86. The minimum atomic E-state index is 0.515. The third kappa shape index (κ3) is 5.89. The van der Waals surface area contributed by atoms with Crippen LogP contribution in [0.5, 0.6) is 0 Å². The lowest BCUT2D eigenvalue weighted by Gasteiger charge is -2.13. The summed E-state index contributed by atoms with van der Waals surface area (Å²) in [6.45, 7) is 5.84. The van der Waals surface area contributed by atoms with Gasteiger partial charge in [-0.05, 0) is 31.2 Å². The van der Waals surface area contributed by atoms with Gasteiger partial charge in [-0.2, -0.15) is 0 Å². The number of hydrogen-bond donors (Lipinski definition) is 0. The lowest BCUT2D eigenvalue weighted by atomic mass is 10.1. The van der Waals surface area contributed by atoms with Gasteiger partial charge in [0.1, 0.15) is 6.29 Å². The van der Waals surface area contributed by atoms with Crippen molar-refractivity contribution >= 4 is 18.0 Å². The third-order valence-electron chi connectivity index (χ3n) is 2.46. The highest BCUT2D eigenvalue weighted by atomic mass is 32.2. The van der Waals surface area contributed by atoms with Crippen LogP contribution in [-0.4, -0.2) is 36.6 Å². The fourth-order valence-electron chi connectivity index (χ4n) is 1.55. The lowest BCUT2D eigenvalue weighted by molar-refractivity contribution is -0.108. The summed E-state index contributed by atoms with van der Waals surface area (Å²) in [5, 5.41) is 0.625. The smallest absolute Gasteiger partial charge is 0.133 e. The molecule has 0 amide bonds. The highest BCUT2D eigenvalue weighted by molar-refractivity contribution is 7.99. The van der Waals surface area contributed by atoms with E-state index < -0.39 is 0 Å². The molecular weight excluding hydrogens is 230 g/mol. The maximum atomic E-state index is 10.3. The summed E-state index contributed by atoms with van der Waals surface area (Å²) < 4.78 is 0. The third-order valence-corrected chi connectivity index (χ3v) is 3.48. The number of nitrogens with zero attached hydrogens (tertiary/aromatic N) is 1. The molecule has 0 bridgehead atoms. The van der Waals surface area contributed by atoms with E-state index in [4.69, 9.17) is 0 Å². The van der Waals surface area contributed by atoms with Gasteiger partial charge in [0.25, 0.3) is 0 Å². The molecule has 0 saturated carbocycles. The van der Waals surface area contributed by atoms with Gasteiger partial charge in [0.2, 0.25) is 0 Å². The molecule has 94 valence electrons. The van der Waals surface area contributed by atoms with E-state index in [9.17, 15) is 4.79 Å².